The Balaban J connectivity index is 1.69. The Morgan fingerprint density at radius 2 is 1.22 bits per heavy atom. The summed E-state index contributed by atoms with van der Waals surface area (Å²) >= 11 is 0. The van der Waals surface area contributed by atoms with Crippen LogP contribution in [0.25, 0.3) is 0 Å². The van der Waals surface area contributed by atoms with E-state index in [4.69, 9.17) is 9.47 Å². The summed E-state index contributed by atoms with van der Waals surface area (Å²) in [5.41, 5.74) is 0. The molecule has 0 aromatic carbocycles. The molecule has 0 aromatic heterocycles. The molecule has 0 aliphatic carbocycles. The number of ether oxygens (including phenoxy) is 2. The zero-order valence-corrected chi connectivity index (χ0v) is 10.3. The lowest BCUT2D eigenvalue weighted by Gasteiger charge is -2.21. The van der Waals surface area contributed by atoms with Crippen molar-refractivity contribution in [3.63, 3.8) is 0 Å². The standard InChI is InChI=1S/C12H18O6/c13-11(9-5-1-3-7-15-9)17-18-12(14)10-6-2-4-8-16-10/h9-10H,1-8H2. The van der Waals surface area contributed by atoms with Gasteiger partial charge in [0, 0.05) is 13.2 Å². The molecule has 2 aliphatic rings. The van der Waals surface area contributed by atoms with Crippen LogP contribution in [0.4, 0.5) is 0 Å². The van der Waals surface area contributed by atoms with E-state index in [0.29, 0.717) is 26.1 Å². The van der Waals surface area contributed by atoms with Gasteiger partial charge >= 0.3 is 11.9 Å². The minimum Gasteiger partial charge on any atom is -0.366 e. The molecule has 2 saturated heterocycles. The number of hydrogen-bond acceptors (Lipinski definition) is 6. The summed E-state index contributed by atoms with van der Waals surface area (Å²) in [5, 5.41) is 0. The van der Waals surface area contributed by atoms with E-state index in [0.717, 1.165) is 25.7 Å². The van der Waals surface area contributed by atoms with Gasteiger partial charge in [0.2, 0.25) is 0 Å². The molecular formula is C12H18O6. The molecule has 2 atom stereocenters. The Hall–Kier alpha value is -1.14. The van der Waals surface area contributed by atoms with Crippen molar-refractivity contribution in [2.45, 2.75) is 50.7 Å². The van der Waals surface area contributed by atoms with Gasteiger partial charge in [-0.3, -0.25) is 0 Å². The van der Waals surface area contributed by atoms with Crippen LogP contribution in [0.2, 0.25) is 0 Å². The minimum atomic E-state index is -0.640. The van der Waals surface area contributed by atoms with Gasteiger partial charge in [-0.1, -0.05) is 0 Å². The van der Waals surface area contributed by atoms with Gasteiger partial charge in [0.1, 0.15) is 0 Å². The molecule has 2 aliphatic heterocycles. The second-order valence-corrected chi connectivity index (χ2v) is 4.52. The third kappa shape index (κ3) is 3.68. The third-order valence-electron chi connectivity index (χ3n) is 3.09. The van der Waals surface area contributed by atoms with Crippen LogP contribution in [0, 0.1) is 0 Å². The van der Waals surface area contributed by atoms with Gasteiger partial charge in [-0.15, -0.1) is 0 Å². The van der Waals surface area contributed by atoms with Crippen LogP contribution >= 0.6 is 0 Å². The molecule has 0 amide bonds. The predicted octanol–water partition coefficient (Wildman–Crippen LogP) is 1.13. The Morgan fingerprint density at radius 3 is 1.56 bits per heavy atom. The average molecular weight is 258 g/mol. The van der Waals surface area contributed by atoms with Crippen molar-refractivity contribution in [2.24, 2.45) is 0 Å². The van der Waals surface area contributed by atoms with Gasteiger partial charge < -0.3 is 9.47 Å². The Kier molecular flexibility index (Phi) is 4.95. The van der Waals surface area contributed by atoms with Gasteiger partial charge in [0.25, 0.3) is 0 Å². The molecule has 0 N–H and O–H groups in total. The van der Waals surface area contributed by atoms with Crippen molar-refractivity contribution in [2.75, 3.05) is 13.2 Å². The van der Waals surface area contributed by atoms with Crippen LogP contribution in [0.15, 0.2) is 0 Å². The minimum absolute atomic E-state index is 0.541. The normalized spacial score (nSPS) is 28.4. The van der Waals surface area contributed by atoms with Crippen LogP contribution in [-0.2, 0) is 28.8 Å². The van der Waals surface area contributed by atoms with Gasteiger partial charge in [-0.2, -0.15) is 0 Å². The van der Waals surface area contributed by atoms with Crippen LogP contribution in [0.1, 0.15) is 38.5 Å². The summed E-state index contributed by atoms with van der Waals surface area (Å²) in [6.07, 6.45) is 3.71. The maximum Gasteiger partial charge on any atom is 0.383 e. The molecule has 2 fully saturated rings. The first kappa shape index (κ1) is 13.3. The highest BCUT2D eigenvalue weighted by Crippen LogP contribution is 2.16. The largest absolute Gasteiger partial charge is 0.383 e. The molecule has 18 heavy (non-hydrogen) atoms. The third-order valence-corrected chi connectivity index (χ3v) is 3.09. The second kappa shape index (κ2) is 6.70. The summed E-state index contributed by atoms with van der Waals surface area (Å²) in [6.45, 7) is 1.08. The van der Waals surface area contributed by atoms with Crippen molar-refractivity contribution < 1.29 is 28.8 Å². The number of carbonyl (C=O) groups is 2. The molecule has 0 aromatic rings. The number of rotatable bonds is 2. The lowest BCUT2D eigenvalue weighted by Crippen LogP contribution is -2.34. The highest BCUT2D eigenvalue weighted by Gasteiger charge is 2.29. The monoisotopic (exact) mass is 258 g/mol. The average Bonchev–Trinajstić information content (AvgIpc) is 2.46. The zero-order chi connectivity index (χ0) is 12.8. The van der Waals surface area contributed by atoms with E-state index >= 15 is 0 Å². The summed E-state index contributed by atoms with van der Waals surface area (Å²) in [6, 6.07) is 0. The lowest BCUT2D eigenvalue weighted by molar-refractivity contribution is -0.273. The second-order valence-electron chi connectivity index (χ2n) is 4.52. The first-order valence-corrected chi connectivity index (χ1v) is 6.43. The molecule has 2 unspecified atom stereocenters. The molecule has 0 saturated carbocycles. The van der Waals surface area contributed by atoms with Crippen molar-refractivity contribution in [1.29, 1.82) is 0 Å². The van der Waals surface area contributed by atoms with E-state index in [1.807, 2.05) is 0 Å². The van der Waals surface area contributed by atoms with E-state index in [9.17, 15) is 9.59 Å². The number of hydrogen-bond donors (Lipinski definition) is 0. The Labute approximate surface area is 105 Å². The van der Waals surface area contributed by atoms with Crippen LogP contribution in [-0.4, -0.2) is 37.4 Å². The maximum absolute atomic E-state index is 11.5. The molecular weight excluding hydrogens is 240 g/mol. The van der Waals surface area contributed by atoms with Crippen molar-refractivity contribution in [3.8, 4) is 0 Å². The summed E-state index contributed by atoms with van der Waals surface area (Å²) < 4.78 is 10.4. The van der Waals surface area contributed by atoms with E-state index in [1.165, 1.54) is 0 Å². The van der Waals surface area contributed by atoms with Gasteiger partial charge in [0.05, 0.1) is 0 Å². The fourth-order valence-electron chi connectivity index (χ4n) is 2.04. The van der Waals surface area contributed by atoms with Crippen molar-refractivity contribution >= 4 is 11.9 Å². The fraction of sp³-hybridized carbons (Fsp3) is 0.833. The molecule has 2 heterocycles. The van der Waals surface area contributed by atoms with Gasteiger partial charge in [-0.05, 0) is 38.5 Å². The van der Waals surface area contributed by atoms with Gasteiger partial charge in [0.15, 0.2) is 12.2 Å². The van der Waals surface area contributed by atoms with Gasteiger partial charge in [-0.25, -0.2) is 19.4 Å². The topological polar surface area (TPSA) is 71.1 Å². The predicted molar refractivity (Wildman–Crippen MR) is 59.4 cm³/mol. The zero-order valence-electron chi connectivity index (χ0n) is 10.3. The summed E-state index contributed by atoms with van der Waals surface area (Å²) in [7, 11) is 0. The SMILES string of the molecule is O=C(OOC(=O)C1CCCCO1)C1CCCCO1. The molecule has 0 bridgehead atoms. The quantitative estimate of drug-likeness (QED) is 0.546. The lowest BCUT2D eigenvalue weighted by atomic mass is 10.1. The molecule has 6 nitrogen and oxygen atoms in total. The first-order chi connectivity index (χ1) is 8.77. The molecule has 102 valence electrons. The number of carbonyl (C=O) groups excluding carboxylic acids is 2. The Bertz CT molecular complexity index is 261. The Morgan fingerprint density at radius 1 is 0.778 bits per heavy atom. The van der Waals surface area contributed by atoms with E-state index < -0.39 is 24.1 Å². The van der Waals surface area contributed by atoms with Crippen LogP contribution < -0.4 is 0 Å². The molecule has 2 rings (SSSR count). The van der Waals surface area contributed by atoms with E-state index in [1.54, 1.807) is 0 Å². The first-order valence-electron chi connectivity index (χ1n) is 6.43. The van der Waals surface area contributed by atoms with Crippen LogP contribution in [0.5, 0.6) is 0 Å². The molecule has 0 radical (unpaired) electrons. The smallest absolute Gasteiger partial charge is 0.366 e. The molecule has 6 heteroatoms. The van der Waals surface area contributed by atoms with E-state index in [2.05, 4.69) is 9.78 Å². The van der Waals surface area contributed by atoms with Crippen molar-refractivity contribution in [3.05, 3.63) is 0 Å². The summed E-state index contributed by atoms with van der Waals surface area (Å²) in [4.78, 5) is 32.0. The van der Waals surface area contributed by atoms with E-state index in [-0.39, 0.29) is 0 Å². The highest BCUT2D eigenvalue weighted by molar-refractivity contribution is 5.78. The molecule has 0 spiro atoms. The summed E-state index contributed by atoms with van der Waals surface area (Å²) in [5.74, 6) is -1.28. The van der Waals surface area contributed by atoms with Crippen molar-refractivity contribution in [1.82, 2.24) is 0 Å². The highest BCUT2D eigenvalue weighted by atomic mass is 17.2. The fourth-order valence-corrected chi connectivity index (χ4v) is 2.04. The maximum atomic E-state index is 11.5. The van der Waals surface area contributed by atoms with Crippen LogP contribution in [0.3, 0.4) is 0 Å².